The zero-order valence-corrected chi connectivity index (χ0v) is 10.0. The summed E-state index contributed by atoms with van der Waals surface area (Å²) in [7, 11) is 4.05. The average molecular weight is 227 g/mol. The van der Waals surface area contributed by atoms with Gasteiger partial charge in [0.15, 0.2) is 0 Å². The standard InChI is InChI=1S/C10H17N3OS/c1-13(2)5-3-4-11-10(14)6-9-7-15-8-12-9/h7-8H,3-6H2,1-2H3,(H,11,14). The van der Waals surface area contributed by atoms with Gasteiger partial charge in [0.05, 0.1) is 17.6 Å². The van der Waals surface area contributed by atoms with E-state index in [0.29, 0.717) is 6.42 Å². The van der Waals surface area contributed by atoms with Crippen molar-refractivity contribution < 1.29 is 4.79 Å². The normalized spacial score (nSPS) is 10.6. The molecule has 0 saturated heterocycles. The topological polar surface area (TPSA) is 45.2 Å². The molecule has 84 valence electrons. The third-order valence-electron chi connectivity index (χ3n) is 1.93. The number of hydrogen-bond acceptors (Lipinski definition) is 4. The number of thiazole rings is 1. The number of carbonyl (C=O) groups excluding carboxylic acids is 1. The van der Waals surface area contributed by atoms with E-state index < -0.39 is 0 Å². The molecule has 1 rings (SSSR count). The molecule has 0 spiro atoms. The third kappa shape index (κ3) is 5.49. The lowest BCUT2D eigenvalue weighted by Crippen LogP contribution is -2.28. The maximum absolute atomic E-state index is 11.4. The summed E-state index contributed by atoms with van der Waals surface area (Å²) in [6, 6.07) is 0. The highest BCUT2D eigenvalue weighted by Crippen LogP contribution is 2.01. The monoisotopic (exact) mass is 227 g/mol. The van der Waals surface area contributed by atoms with Crippen LogP contribution in [-0.4, -0.2) is 43.0 Å². The van der Waals surface area contributed by atoms with Crippen molar-refractivity contribution in [2.45, 2.75) is 12.8 Å². The Bertz CT molecular complexity index is 285. The van der Waals surface area contributed by atoms with Crippen molar-refractivity contribution in [2.24, 2.45) is 0 Å². The number of rotatable bonds is 6. The molecule has 4 nitrogen and oxygen atoms in total. The SMILES string of the molecule is CN(C)CCCNC(=O)Cc1cscn1. The molecule has 0 saturated carbocycles. The second kappa shape index (κ2) is 6.53. The molecule has 1 aromatic rings. The van der Waals surface area contributed by atoms with Crippen LogP contribution in [0.2, 0.25) is 0 Å². The molecule has 0 fully saturated rings. The highest BCUT2D eigenvalue weighted by Gasteiger charge is 2.03. The van der Waals surface area contributed by atoms with Crippen molar-refractivity contribution in [3.05, 3.63) is 16.6 Å². The van der Waals surface area contributed by atoms with Crippen LogP contribution in [-0.2, 0) is 11.2 Å². The van der Waals surface area contributed by atoms with E-state index in [1.165, 1.54) is 11.3 Å². The van der Waals surface area contributed by atoms with Gasteiger partial charge in [0.25, 0.3) is 0 Å². The predicted octanol–water partition coefficient (Wildman–Crippen LogP) is 0.754. The minimum absolute atomic E-state index is 0.0552. The van der Waals surface area contributed by atoms with E-state index in [2.05, 4.69) is 15.2 Å². The molecule has 1 heterocycles. The lowest BCUT2D eigenvalue weighted by atomic mass is 10.3. The van der Waals surface area contributed by atoms with E-state index in [0.717, 1.165) is 25.2 Å². The van der Waals surface area contributed by atoms with E-state index in [-0.39, 0.29) is 5.91 Å². The molecule has 0 atom stereocenters. The molecular formula is C10H17N3OS. The van der Waals surface area contributed by atoms with E-state index in [1.807, 2.05) is 19.5 Å². The molecule has 0 aromatic carbocycles. The van der Waals surface area contributed by atoms with Gasteiger partial charge < -0.3 is 10.2 Å². The molecule has 0 bridgehead atoms. The molecule has 5 heteroatoms. The summed E-state index contributed by atoms with van der Waals surface area (Å²) in [5.41, 5.74) is 2.60. The smallest absolute Gasteiger partial charge is 0.226 e. The Morgan fingerprint density at radius 1 is 1.60 bits per heavy atom. The second-order valence-electron chi connectivity index (χ2n) is 3.66. The fraction of sp³-hybridized carbons (Fsp3) is 0.600. The fourth-order valence-corrected chi connectivity index (χ4v) is 1.73. The zero-order chi connectivity index (χ0) is 11.1. The second-order valence-corrected chi connectivity index (χ2v) is 4.38. The molecule has 15 heavy (non-hydrogen) atoms. The Kier molecular flexibility index (Phi) is 5.28. The lowest BCUT2D eigenvalue weighted by Gasteiger charge is -2.09. The summed E-state index contributed by atoms with van der Waals surface area (Å²) in [6.07, 6.45) is 1.38. The van der Waals surface area contributed by atoms with Crippen LogP contribution in [0.25, 0.3) is 0 Å². The summed E-state index contributed by atoms with van der Waals surface area (Å²) < 4.78 is 0. The van der Waals surface area contributed by atoms with Gasteiger partial charge in [-0.2, -0.15) is 0 Å². The Morgan fingerprint density at radius 3 is 3.00 bits per heavy atom. The fourth-order valence-electron chi connectivity index (χ4n) is 1.17. The van der Waals surface area contributed by atoms with Crippen LogP contribution < -0.4 is 5.32 Å². The number of nitrogens with zero attached hydrogens (tertiary/aromatic N) is 2. The van der Waals surface area contributed by atoms with Gasteiger partial charge in [-0.05, 0) is 27.1 Å². The van der Waals surface area contributed by atoms with Crippen LogP contribution in [0.15, 0.2) is 10.9 Å². The lowest BCUT2D eigenvalue weighted by molar-refractivity contribution is -0.120. The summed E-state index contributed by atoms with van der Waals surface area (Å²) in [4.78, 5) is 17.6. The van der Waals surface area contributed by atoms with Gasteiger partial charge in [-0.1, -0.05) is 0 Å². The van der Waals surface area contributed by atoms with Crippen LogP contribution in [0.4, 0.5) is 0 Å². The van der Waals surface area contributed by atoms with Crippen LogP contribution in [0, 0.1) is 0 Å². The molecule has 0 aliphatic heterocycles. The number of nitrogens with one attached hydrogen (secondary N) is 1. The van der Waals surface area contributed by atoms with Gasteiger partial charge in [-0.25, -0.2) is 4.98 Å². The third-order valence-corrected chi connectivity index (χ3v) is 2.56. The van der Waals surface area contributed by atoms with Crippen molar-refractivity contribution in [1.29, 1.82) is 0 Å². The van der Waals surface area contributed by atoms with Crippen molar-refractivity contribution in [1.82, 2.24) is 15.2 Å². The zero-order valence-electron chi connectivity index (χ0n) is 9.19. The maximum Gasteiger partial charge on any atom is 0.226 e. The van der Waals surface area contributed by atoms with Crippen molar-refractivity contribution in [3.63, 3.8) is 0 Å². The van der Waals surface area contributed by atoms with Gasteiger partial charge in [0.2, 0.25) is 5.91 Å². The molecule has 0 aliphatic carbocycles. The molecule has 1 amide bonds. The minimum Gasteiger partial charge on any atom is -0.356 e. The van der Waals surface area contributed by atoms with Crippen LogP contribution >= 0.6 is 11.3 Å². The van der Waals surface area contributed by atoms with Crippen LogP contribution in [0.3, 0.4) is 0 Å². The number of carbonyl (C=O) groups is 1. The maximum atomic E-state index is 11.4. The quantitative estimate of drug-likeness (QED) is 0.730. The molecule has 0 aliphatic rings. The van der Waals surface area contributed by atoms with Gasteiger partial charge in [0.1, 0.15) is 0 Å². The largest absolute Gasteiger partial charge is 0.356 e. The molecule has 0 unspecified atom stereocenters. The van der Waals surface area contributed by atoms with Crippen LogP contribution in [0.1, 0.15) is 12.1 Å². The Morgan fingerprint density at radius 2 is 2.40 bits per heavy atom. The number of aromatic nitrogens is 1. The first kappa shape index (κ1) is 12.1. The van der Waals surface area contributed by atoms with Gasteiger partial charge >= 0.3 is 0 Å². The average Bonchev–Trinajstić information content (AvgIpc) is 2.64. The summed E-state index contributed by atoms with van der Waals surface area (Å²) in [5.74, 6) is 0.0552. The molecular weight excluding hydrogens is 210 g/mol. The molecule has 0 radical (unpaired) electrons. The van der Waals surface area contributed by atoms with Crippen LogP contribution in [0.5, 0.6) is 0 Å². The van der Waals surface area contributed by atoms with E-state index in [4.69, 9.17) is 0 Å². The summed E-state index contributed by atoms with van der Waals surface area (Å²) in [6.45, 7) is 1.73. The van der Waals surface area contributed by atoms with Crippen molar-refractivity contribution in [3.8, 4) is 0 Å². The Hall–Kier alpha value is -0.940. The molecule has 1 N–H and O–H groups in total. The summed E-state index contributed by atoms with van der Waals surface area (Å²) >= 11 is 1.52. The van der Waals surface area contributed by atoms with Gasteiger partial charge in [-0.3, -0.25) is 4.79 Å². The van der Waals surface area contributed by atoms with E-state index in [9.17, 15) is 4.79 Å². The highest BCUT2D eigenvalue weighted by molar-refractivity contribution is 7.07. The van der Waals surface area contributed by atoms with E-state index in [1.54, 1.807) is 5.51 Å². The Labute approximate surface area is 94.3 Å². The minimum atomic E-state index is 0.0552. The first-order valence-corrected chi connectivity index (χ1v) is 5.91. The van der Waals surface area contributed by atoms with Crippen molar-refractivity contribution in [2.75, 3.05) is 27.2 Å². The van der Waals surface area contributed by atoms with Gasteiger partial charge in [0, 0.05) is 11.9 Å². The van der Waals surface area contributed by atoms with E-state index >= 15 is 0 Å². The molecule has 1 aromatic heterocycles. The first-order valence-electron chi connectivity index (χ1n) is 4.97. The first-order chi connectivity index (χ1) is 7.18. The Balaban J connectivity index is 2.09. The number of hydrogen-bond donors (Lipinski definition) is 1. The number of amides is 1. The predicted molar refractivity (Wildman–Crippen MR) is 62.0 cm³/mol. The van der Waals surface area contributed by atoms with Crippen molar-refractivity contribution >= 4 is 17.2 Å². The highest BCUT2D eigenvalue weighted by atomic mass is 32.1. The summed E-state index contributed by atoms with van der Waals surface area (Å²) in [5, 5.41) is 4.78. The van der Waals surface area contributed by atoms with Gasteiger partial charge in [-0.15, -0.1) is 11.3 Å².